The van der Waals surface area contributed by atoms with Crippen molar-refractivity contribution in [2.24, 2.45) is 0 Å². The molecule has 9 nitrogen and oxygen atoms in total. The number of hydrogen-bond acceptors (Lipinski definition) is 6. The lowest BCUT2D eigenvalue weighted by Gasteiger charge is -2.08. The molecule has 0 radical (unpaired) electrons. The summed E-state index contributed by atoms with van der Waals surface area (Å²) in [4.78, 5) is 34.1. The number of nitrogens with one attached hydrogen (secondary N) is 2. The van der Waals surface area contributed by atoms with Gasteiger partial charge in [-0.3, -0.25) is 19.7 Å². The second-order valence-electron chi connectivity index (χ2n) is 4.90. The zero-order chi connectivity index (χ0) is 18.0. The SMILES string of the molecule is O=C(Nc1ccc2c(c1)OCO2)C(=O)Nc1cc([N+](=O)[O-])ccc1Cl. The van der Waals surface area contributed by atoms with E-state index in [1.807, 2.05) is 0 Å². The van der Waals surface area contributed by atoms with Crippen molar-refractivity contribution in [3.8, 4) is 11.5 Å². The van der Waals surface area contributed by atoms with Crippen molar-refractivity contribution in [3.05, 3.63) is 51.5 Å². The molecule has 0 fully saturated rings. The predicted octanol–water partition coefficient (Wildman–Crippen LogP) is 2.55. The van der Waals surface area contributed by atoms with Gasteiger partial charge in [0.1, 0.15) is 0 Å². The first-order valence-corrected chi connectivity index (χ1v) is 7.28. The molecule has 2 aromatic rings. The number of nitro benzene ring substituents is 1. The smallest absolute Gasteiger partial charge is 0.314 e. The van der Waals surface area contributed by atoms with Gasteiger partial charge in [0.05, 0.1) is 15.6 Å². The highest BCUT2D eigenvalue weighted by molar-refractivity contribution is 6.44. The van der Waals surface area contributed by atoms with E-state index >= 15 is 0 Å². The summed E-state index contributed by atoms with van der Waals surface area (Å²) in [6.45, 7) is 0.0819. The molecule has 0 saturated heterocycles. The molecule has 1 aliphatic rings. The van der Waals surface area contributed by atoms with Crippen LogP contribution < -0.4 is 20.1 Å². The highest BCUT2D eigenvalue weighted by atomic mass is 35.5. The molecule has 0 spiro atoms. The van der Waals surface area contributed by atoms with Crippen LogP contribution in [0.5, 0.6) is 11.5 Å². The lowest BCUT2D eigenvalue weighted by atomic mass is 10.2. The second kappa shape index (κ2) is 6.65. The summed E-state index contributed by atoms with van der Waals surface area (Å²) in [5, 5.41) is 15.5. The Morgan fingerprint density at radius 2 is 1.76 bits per heavy atom. The maximum Gasteiger partial charge on any atom is 0.314 e. The minimum Gasteiger partial charge on any atom is -0.454 e. The molecular formula is C15H10ClN3O6. The number of carbonyl (C=O) groups is 2. The molecular weight excluding hydrogens is 354 g/mol. The number of rotatable bonds is 3. The predicted molar refractivity (Wildman–Crippen MR) is 87.9 cm³/mol. The van der Waals surface area contributed by atoms with Gasteiger partial charge in [0.15, 0.2) is 11.5 Å². The highest BCUT2D eigenvalue weighted by Gasteiger charge is 2.19. The molecule has 1 heterocycles. The highest BCUT2D eigenvalue weighted by Crippen LogP contribution is 2.34. The Labute approximate surface area is 145 Å². The summed E-state index contributed by atoms with van der Waals surface area (Å²) < 4.78 is 10.3. The lowest BCUT2D eigenvalue weighted by molar-refractivity contribution is -0.384. The summed E-state index contributed by atoms with van der Waals surface area (Å²) in [7, 11) is 0. The van der Waals surface area contributed by atoms with Crippen LogP contribution in [0, 0.1) is 10.1 Å². The molecule has 10 heteroatoms. The van der Waals surface area contributed by atoms with Crippen molar-refractivity contribution in [2.75, 3.05) is 17.4 Å². The Balaban J connectivity index is 1.70. The van der Waals surface area contributed by atoms with E-state index in [2.05, 4.69) is 10.6 Å². The third kappa shape index (κ3) is 3.61. The van der Waals surface area contributed by atoms with Gasteiger partial charge in [0.2, 0.25) is 6.79 Å². The first kappa shape index (κ1) is 16.5. The molecule has 0 atom stereocenters. The third-order valence-corrected chi connectivity index (χ3v) is 3.58. The van der Waals surface area contributed by atoms with E-state index in [0.717, 1.165) is 6.07 Å². The first-order chi connectivity index (χ1) is 11.9. The molecule has 0 bridgehead atoms. The maximum atomic E-state index is 12.0. The minimum atomic E-state index is -1.03. The standard InChI is InChI=1S/C15H10ClN3O6/c16-10-3-2-9(19(22)23)6-11(10)18-15(21)14(20)17-8-1-4-12-13(5-8)25-7-24-12/h1-6H,7H2,(H,17,20)(H,18,21). The van der Waals surface area contributed by atoms with Crippen molar-refractivity contribution in [3.63, 3.8) is 0 Å². The number of fused-ring (bicyclic) bond motifs is 1. The van der Waals surface area contributed by atoms with Crippen LogP contribution in [0.1, 0.15) is 0 Å². The van der Waals surface area contributed by atoms with E-state index < -0.39 is 16.7 Å². The maximum absolute atomic E-state index is 12.0. The lowest BCUT2D eigenvalue weighted by Crippen LogP contribution is -2.29. The number of nitro groups is 1. The fraction of sp³-hybridized carbons (Fsp3) is 0.0667. The number of benzene rings is 2. The van der Waals surface area contributed by atoms with Crippen LogP contribution in [0.15, 0.2) is 36.4 Å². The van der Waals surface area contributed by atoms with Crippen molar-refractivity contribution >= 4 is 40.5 Å². The number of carbonyl (C=O) groups excluding carboxylic acids is 2. The summed E-state index contributed by atoms with van der Waals surface area (Å²) in [5.41, 5.74) is 0.0205. The summed E-state index contributed by atoms with van der Waals surface area (Å²) >= 11 is 5.87. The molecule has 25 heavy (non-hydrogen) atoms. The molecule has 2 N–H and O–H groups in total. The second-order valence-corrected chi connectivity index (χ2v) is 5.30. The van der Waals surface area contributed by atoms with Gasteiger partial charge in [0.25, 0.3) is 5.69 Å². The van der Waals surface area contributed by atoms with Gasteiger partial charge < -0.3 is 20.1 Å². The Hall–Kier alpha value is -3.33. The number of ether oxygens (including phenoxy) is 2. The van der Waals surface area contributed by atoms with Crippen molar-refractivity contribution in [1.29, 1.82) is 0 Å². The minimum absolute atomic E-state index is 0.0401. The molecule has 0 aromatic heterocycles. The molecule has 0 aliphatic carbocycles. The van der Waals surface area contributed by atoms with Crippen LogP contribution in [0.4, 0.5) is 17.1 Å². The van der Waals surface area contributed by atoms with Crippen molar-refractivity contribution in [2.45, 2.75) is 0 Å². The van der Waals surface area contributed by atoms with E-state index in [-0.39, 0.29) is 23.2 Å². The zero-order valence-electron chi connectivity index (χ0n) is 12.4. The summed E-state index contributed by atoms with van der Waals surface area (Å²) in [5.74, 6) is -1.02. The molecule has 2 amide bonds. The normalized spacial score (nSPS) is 11.7. The van der Waals surface area contributed by atoms with Crippen molar-refractivity contribution in [1.82, 2.24) is 0 Å². The number of nitrogens with zero attached hydrogens (tertiary/aromatic N) is 1. The van der Waals surface area contributed by atoms with Crippen LogP contribution in [-0.2, 0) is 9.59 Å². The topological polar surface area (TPSA) is 120 Å². The Kier molecular flexibility index (Phi) is 4.40. The van der Waals surface area contributed by atoms with Crippen LogP contribution in [0.2, 0.25) is 5.02 Å². The largest absolute Gasteiger partial charge is 0.454 e. The van der Waals surface area contributed by atoms with Crippen LogP contribution in [-0.4, -0.2) is 23.5 Å². The van der Waals surface area contributed by atoms with Crippen LogP contribution in [0.3, 0.4) is 0 Å². The van der Waals surface area contributed by atoms with Gasteiger partial charge in [-0.1, -0.05) is 11.6 Å². The average molecular weight is 364 g/mol. The number of non-ortho nitro benzene ring substituents is 1. The molecule has 2 aromatic carbocycles. The fourth-order valence-electron chi connectivity index (χ4n) is 2.06. The molecule has 128 valence electrons. The Morgan fingerprint density at radius 1 is 1.04 bits per heavy atom. The van der Waals surface area contributed by atoms with Crippen LogP contribution >= 0.6 is 11.6 Å². The van der Waals surface area contributed by atoms with Gasteiger partial charge >= 0.3 is 11.8 Å². The Morgan fingerprint density at radius 3 is 2.52 bits per heavy atom. The van der Waals surface area contributed by atoms with E-state index in [9.17, 15) is 19.7 Å². The van der Waals surface area contributed by atoms with Crippen molar-refractivity contribution < 1.29 is 24.0 Å². The molecule has 0 unspecified atom stereocenters. The van der Waals surface area contributed by atoms with Gasteiger partial charge in [-0.2, -0.15) is 0 Å². The van der Waals surface area contributed by atoms with Crippen LogP contribution in [0.25, 0.3) is 0 Å². The summed E-state index contributed by atoms with van der Waals surface area (Å²) in [6.07, 6.45) is 0. The zero-order valence-corrected chi connectivity index (χ0v) is 13.2. The fourth-order valence-corrected chi connectivity index (χ4v) is 2.23. The van der Waals surface area contributed by atoms with Gasteiger partial charge in [-0.25, -0.2) is 0 Å². The van der Waals surface area contributed by atoms with Gasteiger partial charge in [-0.15, -0.1) is 0 Å². The average Bonchev–Trinajstić information content (AvgIpc) is 3.04. The van der Waals surface area contributed by atoms with Gasteiger partial charge in [-0.05, 0) is 18.2 Å². The van der Waals surface area contributed by atoms with Gasteiger partial charge in [0, 0.05) is 23.9 Å². The van der Waals surface area contributed by atoms with E-state index in [1.54, 1.807) is 12.1 Å². The quantitative estimate of drug-likeness (QED) is 0.491. The van der Waals surface area contributed by atoms with E-state index in [1.165, 1.54) is 18.2 Å². The van der Waals surface area contributed by atoms with E-state index in [0.29, 0.717) is 17.2 Å². The Bertz CT molecular complexity index is 886. The number of hydrogen-bond donors (Lipinski definition) is 2. The molecule has 3 rings (SSSR count). The van der Waals surface area contributed by atoms with E-state index in [4.69, 9.17) is 21.1 Å². The number of amides is 2. The molecule has 1 aliphatic heterocycles. The monoisotopic (exact) mass is 363 g/mol. The number of anilines is 2. The third-order valence-electron chi connectivity index (χ3n) is 3.25. The number of halogens is 1. The summed E-state index contributed by atoms with van der Waals surface area (Å²) in [6, 6.07) is 8.14. The first-order valence-electron chi connectivity index (χ1n) is 6.90. The molecule has 0 saturated carbocycles.